The third kappa shape index (κ3) is 3.61. The molecule has 1 aromatic heterocycles. The highest BCUT2D eigenvalue weighted by Gasteiger charge is 2.39. The van der Waals surface area contributed by atoms with Gasteiger partial charge in [-0.3, -0.25) is 0 Å². The average molecular weight is 396 g/mol. The van der Waals surface area contributed by atoms with Crippen LogP contribution in [0.4, 0.5) is 4.39 Å². The molecule has 2 aliphatic rings. The highest BCUT2D eigenvalue weighted by molar-refractivity contribution is 7.86. The SMILES string of the molecule is COCC1CCCN1S(=O)(=O)N1CCC(c2nc3ccc(F)cc3[nH]2)CC1. The summed E-state index contributed by atoms with van der Waals surface area (Å²) < 4.78 is 47.8. The molecule has 1 N–H and O–H groups in total. The minimum Gasteiger partial charge on any atom is -0.383 e. The monoisotopic (exact) mass is 396 g/mol. The fourth-order valence-electron chi connectivity index (χ4n) is 4.18. The van der Waals surface area contributed by atoms with Crippen molar-refractivity contribution in [2.45, 2.75) is 37.6 Å². The Kier molecular flexibility index (Phi) is 5.19. The van der Waals surface area contributed by atoms with Gasteiger partial charge < -0.3 is 9.72 Å². The summed E-state index contributed by atoms with van der Waals surface area (Å²) in [6.45, 7) is 1.93. The van der Waals surface area contributed by atoms with Gasteiger partial charge >= 0.3 is 0 Å². The molecule has 0 saturated carbocycles. The first-order valence-electron chi connectivity index (χ1n) is 9.40. The number of rotatable bonds is 5. The maximum absolute atomic E-state index is 13.4. The molecule has 1 unspecified atom stereocenters. The molecule has 0 bridgehead atoms. The molecule has 2 fully saturated rings. The van der Waals surface area contributed by atoms with Gasteiger partial charge in [-0.1, -0.05) is 0 Å². The number of fused-ring (bicyclic) bond motifs is 1. The standard InChI is InChI=1S/C18H25FN4O3S/c1-26-12-15-3-2-8-23(15)27(24,25)22-9-6-13(7-10-22)18-20-16-5-4-14(19)11-17(16)21-18/h4-5,11,13,15H,2-3,6-10,12H2,1H3,(H,20,21). The minimum absolute atomic E-state index is 0.0667. The molecule has 4 rings (SSSR count). The lowest BCUT2D eigenvalue weighted by Gasteiger charge is -2.35. The van der Waals surface area contributed by atoms with Crippen molar-refractivity contribution in [1.29, 1.82) is 0 Å². The minimum atomic E-state index is -3.46. The Morgan fingerprint density at radius 2 is 2.04 bits per heavy atom. The summed E-state index contributed by atoms with van der Waals surface area (Å²) in [5.41, 5.74) is 1.42. The van der Waals surface area contributed by atoms with Gasteiger partial charge in [0.2, 0.25) is 0 Å². The van der Waals surface area contributed by atoms with Gasteiger partial charge in [-0.05, 0) is 43.9 Å². The van der Waals surface area contributed by atoms with E-state index < -0.39 is 10.2 Å². The van der Waals surface area contributed by atoms with Gasteiger partial charge in [0.15, 0.2) is 0 Å². The van der Waals surface area contributed by atoms with Gasteiger partial charge in [-0.25, -0.2) is 9.37 Å². The number of benzene rings is 1. The second-order valence-electron chi connectivity index (χ2n) is 7.33. The fourth-order valence-corrected chi connectivity index (χ4v) is 6.05. The van der Waals surface area contributed by atoms with Crippen molar-refractivity contribution in [2.24, 2.45) is 0 Å². The van der Waals surface area contributed by atoms with Crippen LogP contribution in [0.15, 0.2) is 18.2 Å². The number of nitrogens with zero attached hydrogens (tertiary/aromatic N) is 3. The topological polar surface area (TPSA) is 78.5 Å². The Morgan fingerprint density at radius 3 is 2.78 bits per heavy atom. The molecular weight excluding hydrogens is 371 g/mol. The Bertz CT molecular complexity index is 908. The number of nitrogens with one attached hydrogen (secondary N) is 1. The van der Waals surface area contributed by atoms with Crippen LogP contribution in [-0.4, -0.2) is 66.4 Å². The number of aromatic nitrogens is 2. The number of imidazole rings is 1. The van der Waals surface area contributed by atoms with Crippen molar-refractivity contribution >= 4 is 21.2 Å². The second kappa shape index (κ2) is 7.46. The average Bonchev–Trinajstić information content (AvgIpc) is 3.29. The van der Waals surface area contributed by atoms with E-state index in [1.54, 1.807) is 21.8 Å². The second-order valence-corrected chi connectivity index (χ2v) is 9.21. The van der Waals surface area contributed by atoms with Crippen molar-refractivity contribution in [2.75, 3.05) is 33.4 Å². The van der Waals surface area contributed by atoms with E-state index in [-0.39, 0.29) is 17.8 Å². The van der Waals surface area contributed by atoms with Crippen molar-refractivity contribution < 1.29 is 17.5 Å². The lowest BCUT2D eigenvalue weighted by molar-refractivity contribution is 0.144. The number of halogens is 1. The molecule has 2 aromatic rings. The maximum atomic E-state index is 13.4. The van der Waals surface area contributed by atoms with E-state index >= 15 is 0 Å². The molecule has 3 heterocycles. The van der Waals surface area contributed by atoms with E-state index in [2.05, 4.69) is 9.97 Å². The summed E-state index contributed by atoms with van der Waals surface area (Å²) >= 11 is 0. The molecule has 2 saturated heterocycles. The highest BCUT2D eigenvalue weighted by Crippen LogP contribution is 2.31. The molecule has 0 aliphatic carbocycles. The zero-order chi connectivity index (χ0) is 19.0. The number of aromatic amines is 1. The van der Waals surface area contributed by atoms with Crippen LogP contribution in [0.2, 0.25) is 0 Å². The van der Waals surface area contributed by atoms with Gasteiger partial charge in [0.1, 0.15) is 11.6 Å². The Morgan fingerprint density at radius 1 is 1.26 bits per heavy atom. The lowest BCUT2D eigenvalue weighted by atomic mass is 9.97. The summed E-state index contributed by atoms with van der Waals surface area (Å²) in [6, 6.07) is 4.43. The zero-order valence-corrected chi connectivity index (χ0v) is 16.2. The van der Waals surface area contributed by atoms with Crippen molar-refractivity contribution in [1.82, 2.24) is 18.6 Å². The zero-order valence-electron chi connectivity index (χ0n) is 15.4. The molecule has 148 valence electrons. The van der Waals surface area contributed by atoms with Crippen LogP contribution in [-0.2, 0) is 14.9 Å². The summed E-state index contributed by atoms with van der Waals surface area (Å²) in [4.78, 5) is 7.75. The highest BCUT2D eigenvalue weighted by atomic mass is 32.2. The van der Waals surface area contributed by atoms with Crippen LogP contribution in [0.1, 0.15) is 37.4 Å². The van der Waals surface area contributed by atoms with Gasteiger partial charge in [-0.2, -0.15) is 17.0 Å². The van der Waals surface area contributed by atoms with Gasteiger partial charge in [0, 0.05) is 38.7 Å². The number of hydrogen-bond acceptors (Lipinski definition) is 4. The Hall–Kier alpha value is -1.55. The van der Waals surface area contributed by atoms with Gasteiger partial charge in [0.25, 0.3) is 10.2 Å². The summed E-state index contributed by atoms with van der Waals surface area (Å²) in [7, 11) is -1.86. The Labute approximate surface area is 158 Å². The summed E-state index contributed by atoms with van der Waals surface area (Å²) in [5, 5.41) is 0. The Balaban J connectivity index is 1.44. The van der Waals surface area contributed by atoms with E-state index in [1.807, 2.05) is 0 Å². The summed E-state index contributed by atoms with van der Waals surface area (Å²) in [5.74, 6) is 0.668. The smallest absolute Gasteiger partial charge is 0.282 e. The first-order valence-corrected chi connectivity index (χ1v) is 10.8. The van der Waals surface area contributed by atoms with Crippen LogP contribution in [0.3, 0.4) is 0 Å². The third-order valence-electron chi connectivity index (χ3n) is 5.61. The molecule has 27 heavy (non-hydrogen) atoms. The van der Waals surface area contributed by atoms with Crippen LogP contribution in [0.25, 0.3) is 11.0 Å². The van der Waals surface area contributed by atoms with E-state index in [0.29, 0.717) is 44.6 Å². The van der Waals surface area contributed by atoms with Crippen LogP contribution in [0.5, 0.6) is 0 Å². The predicted octanol–water partition coefficient (Wildman–Crippen LogP) is 2.24. The normalized spacial score (nSPS) is 23.4. The van der Waals surface area contributed by atoms with Crippen molar-refractivity contribution in [3.05, 3.63) is 29.8 Å². The largest absolute Gasteiger partial charge is 0.383 e. The molecule has 0 radical (unpaired) electrons. The van der Waals surface area contributed by atoms with Gasteiger partial charge in [0.05, 0.1) is 17.6 Å². The number of H-pyrrole nitrogens is 1. The number of methoxy groups -OCH3 is 1. The predicted molar refractivity (Wildman–Crippen MR) is 100 cm³/mol. The van der Waals surface area contributed by atoms with Crippen molar-refractivity contribution in [3.8, 4) is 0 Å². The number of ether oxygens (including phenoxy) is 1. The molecular formula is C18H25FN4O3S. The molecule has 1 aromatic carbocycles. The van der Waals surface area contributed by atoms with E-state index in [1.165, 1.54) is 12.1 Å². The fraction of sp³-hybridized carbons (Fsp3) is 0.611. The summed E-state index contributed by atoms with van der Waals surface area (Å²) in [6.07, 6.45) is 3.12. The van der Waals surface area contributed by atoms with E-state index in [9.17, 15) is 12.8 Å². The van der Waals surface area contributed by atoms with E-state index in [4.69, 9.17) is 4.74 Å². The molecule has 1 atom stereocenters. The van der Waals surface area contributed by atoms with Gasteiger partial charge in [-0.15, -0.1) is 0 Å². The third-order valence-corrected chi connectivity index (χ3v) is 7.70. The molecule has 0 spiro atoms. The van der Waals surface area contributed by atoms with Crippen LogP contribution < -0.4 is 0 Å². The lowest BCUT2D eigenvalue weighted by Crippen LogP contribution is -2.49. The van der Waals surface area contributed by atoms with Crippen molar-refractivity contribution in [3.63, 3.8) is 0 Å². The quantitative estimate of drug-likeness (QED) is 0.841. The maximum Gasteiger partial charge on any atom is 0.282 e. The molecule has 9 heteroatoms. The molecule has 2 aliphatic heterocycles. The van der Waals surface area contributed by atoms with E-state index in [0.717, 1.165) is 24.2 Å². The molecule has 0 amide bonds. The van der Waals surface area contributed by atoms with Crippen LogP contribution >= 0.6 is 0 Å². The number of hydrogen-bond donors (Lipinski definition) is 1. The van der Waals surface area contributed by atoms with Crippen LogP contribution in [0, 0.1) is 5.82 Å². The number of piperidine rings is 1. The first kappa shape index (κ1) is 18.8. The molecule has 7 nitrogen and oxygen atoms in total. The first-order chi connectivity index (χ1) is 13.0.